The van der Waals surface area contributed by atoms with Crippen LogP contribution in [0.25, 0.3) is 100 Å². The molecule has 10 rings (SSSR count). The monoisotopic (exact) mass is 703 g/mol. The van der Waals surface area contributed by atoms with Crippen LogP contribution in [0, 0.1) is 6.92 Å². The number of fused-ring (bicyclic) bond motifs is 4. The van der Waals surface area contributed by atoms with E-state index in [4.69, 9.17) is 24.9 Å². The molecule has 0 aliphatic carbocycles. The molecule has 55 heavy (non-hydrogen) atoms. The maximum absolute atomic E-state index is 5.25. The topological polar surface area (TPSA) is 64.5 Å². The zero-order valence-corrected chi connectivity index (χ0v) is 30.1. The average Bonchev–Trinajstić information content (AvgIpc) is 3.26. The zero-order chi connectivity index (χ0) is 36.7. The van der Waals surface area contributed by atoms with Gasteiger partial charge in [-0.3, -0.25) is 4.98 Å². The Morgan fingerprint density at radius 2 is 0.836 bits per heavy atom. The van der Waals surface area contributed by atoms with Crippen molar-refractivity contribution in [2.75, 3.05) is 0 Å². The van der Waals surface area contributed by atoms with Crippen LogP contribution >= 0.6 is 0 Å². The van der Waals surface area contributed by atoms with E-state index in [1.807, 2.05) is 60.7 Å². The third kappa shape index (κ3) is 6.08. The molecule has 0 atom stereocenters. The number of rotatable bonds is 6. The normalized spacial score (nSPS) is 11.4. The van der Waals surface area contributed by atoms with Crippen LogP contribution in [0.15, 0.2) is 182 Å². The van der Waals surface area contributed by atoms with E-state index in [-0.39, 0.29) is 0 Å². The molecule has 258 valence electrons. The fourth-order valence-electron chi connectivity index (χ4n) is 7.43. The van der Waals surface area contributed by atoms with Crippen molar-refractivity contribution in [1.82, 2.24) is 24.9 Å². The third-order valence-electron chi connectivity index (χ3n) is 10.2. The Hall–Kier alpha value is -7.37. The van der Waals surface area contributed by atoms with Gasteiger partial charge in [0.2, 0.25) is 0 Å². The van der Waals surface area contributed by atoms with E-state index in [9.17, 15) is 0 Å². The highest BCUT2D eigenvalue weighted by molar-refractivity contribution is 6.09. The van der Waals surface area contributed by atoms with Crippen molar-refractivity contribution in [2.45, 2.75) is 6.92 Å². The van der Waals surface area contributed by atoms with E-state index in [2.05, 4.69) is 128 Å². The molecule has 0 amide bonds. The number of aromatic nitrogens is 5. The molecule has 5 heteroatoms. The second-order valence-electron chi connectivity index (χ2n) is 13.8. The van der Waals surface area contributed by atoms with Crippen molar-refractivity contribution in [3.63, 3.8) is 0 Å². The first kappa shape index (κ1) is 32.3. The van der Waals surface area contributed by atoms with Gasteiger partial charge in [0, 0.05) is 38.7 Å². The van der Waals surface area contributed by atoms with Crippen LogP contribution in [0.3, 0.4) is 0 Å². The number of hydrogen-bond acceptors (Lipinski definition) is 5. The lowest BCUT2D eigenvalue weighted by Gasteiger charge is -2.13. The summed E-state index contributed by atoms with van der Waals surface area (Å²) in [7, 11) is 0. The van der Waals surface area contributed by atoms with Crippen molar-refractivity contribution in [2.24, 2.45) is 0 Å². The third-order valence-corrected chi connectivity index (χ3v) is 10.2. The highest BCUT2D eigenvalue weighted by Crippen LogP contribution is 2.36. The molecule has 0 saturated carbocycles. The Kier molecular flexibility index (Phi) is 7.96. The highest BCUT2D eigenvalue weighted by Gasteiger charge is 2.15. The summed E-state index contributed by atoms with van der Waals surface area (Å²) < 4.78 is 0. The summed E-state index contributed by atoms with van der Waals surface area (Å²) in [5, 5.41) is 4.55. The first-order valence-electron chi connectivity index (χ1n) is 18.4. The lowest BCUT2D eigenvalue weighted by atomic mass is 9.96. The van der Waals surface area contributed by atoms with E-state index >= 15 is 0 Å². The first-order valence-corrected chi connectivity index (χ1v) is 18.4. The Bertz CT molecular complexity index is 2950. The number of benzene rings is 7. The molecule has 0 aliphatic rings. The first-order chi connectivity index (χ1) is 27.1. The van der Waals surface area contributed by atoms with Gasteiger partial charge in [0.05, 0.1) is 16.7 Å². The van der Waals surface area contributed by atoms with Crippen LogP contribution in [0.5, 0.6) is 0 Å². The van der Waals surface area contributed by atoms with Gasteiger partial charge in [0.15, 0.2) is 17.5 Å². The summed E-state index contributed by atoms with van der Waals surface area (Å²) in [5.74, 6) is 1.94. The number of pyridine rings is 2. The Balaban J connectivity index is 0.987. The Labute approximate surface area is 318 Å². The maximum Gasteiger partial charge on any atom is 0.164 e. The number of hydrogen-bond donors (Lipinski definition) is 0. The lowest BCUT2D eigenvalue weighted by Crippen LogP contribution is -2.00. The molecule has 5 nitrogen and oxygen atoms in total. The summed E-state index contributed by atoms with van der Waals surface area (Å²) in [6.07, 6.45) is 0. The van der Waals surface area contributed by atoms with Gasteiger partial charge in [-0.15, -0.1) is 0 Å². The fourth-order valence-corrected chi connectivity index (χ4v) is 7.43. The highest BCUT2D eigenvalue weighted by atomic mass is 15.0. The molecule has 0 N–H and O–H groups in total. The molecule has 7 aromatic carbocycles. The molecule has 0 saturated heterocycles. The number of nitrogens with zero attached hydrogens (tertiary/aromatic N) is 5. The molecular formula is C50H33N5. The SMILES string of the molecule is Cc1cc(-c2ccc(-c3ccc(-c4nc(-c5ccccc5)nc(-c5ccccc5)n4)cc3)cc2)c2ccc3ccc(-c4cccc5ccccc45)nc3c2n1. The summed E-state index contributed by atoms with van der Waals surface area (Å²) in [5.41, 5.74) is 12.2. The van der Waals surface area contributed by atoms with E-state index in [1.54, 1.807) is 0 Å². The van der Waals surface area contributed by atoms with Crippen LogP contribution in [0.4, 0.5) is 0 Å². The standard InChI is InChI=1S/C50H33N5/c1-32-31-44(43-29-27-37-28-30-45(52-46(37)47(43)51-32)42-18-10-16-35-11-8-9-17-41(35)42)36-23-19-33(20-24-36)34-21-25-40(26-22-34)50-54-48(38-12-4-2-5-13-38)53-49(55-50)39-14-6-3-7-15-39/h2-31H,1H3. The average molecular weight is 704 g/mol. The molecule has 0 spiro atoms. The number of aryl methyl sites for hydroxylation is 1. The molecule has 3 aromatic heterocycles. The molecular weight excluding hydrogens is 671 g/mol. The zero-order valence-electron chi connectivity index (χ0n) is 30.1. The molecule has 10 aromatic rings. The van der Waals surface area contributed by atoms with Crippen molar-refractivity contribution >= 4 is 32.6 Å². The van der Waals surface area contributed by atoms with Crippen LogP contribution in [0.2, 0.25) is 0 Å². The largest absolute Gasteiger partial charge is 0.251 e. The fraction of sp³-hybridized carbons (Fsp3) is 0.0200. The van der Waals surface area contributed by atoms with Gasteiger partial charge in [-0.2, -0.15) is 0 Å². The van der Waals surface area contributed by atoms with E-state index in [0.29, 0.717) is 17.5 Å². The molecule has 0 aliphatic heterocycles. The Morgan fingerprint density at radius 1 is 0.309 bits per heavy atom. The Morgan fingerprint density at radius 3 is 1.49 bits per heavy atom. The summed E-state index contributed by atoms with van der Waals surface area (Å²) in [6.45, 7) is 2.06. The molecule has 0 bridgehead atoms. The van der Waals surface area contributed by atoms with Crippen LogP contribution in [0.1, 0.15) is 5.69 Å². The minimum absolute atomic E-state index is 0.640. The van der Waals surface area contributed by atoms with Gasteiger partial charge in [-0.25, -0.2) is 19.9 Å². The molecule has 0 radical (unpaired) electrons. The minimum Gasteiger partial charge on any atom is -0.251 e. The van der Waals surface area contributed by atoms with Crippen molar-refractivity contribution < 1.29 is 0 Å². The minimum atomic E-state index is 0.640. The van der Waals surface area contributed by atoms with Crippen molar-refractivity contribution in [3.8, 4) is 67.7 Å². The summed E-state index contributed by atoms with van der Waals surface area (Å²) in [6, 6.07) is 63.0. The molecule has 0 fully saturated rings. The second kappa shape index (κ2) is 13.6. The summed E-state index contributed by atoms with van der Waals surface area (Å²) in [4.78, 5) is 24.9. The van der Waals surface area contributed by atoms with Gasteiger partial charge in [0.1, 0.15) is 0 Å². The van der Waals surface area contributed by atoms with Gasteiger partial charge in [-0.1, -0.05) is 170 Å². The predicted octanol–water partition coefficient (Wildman–Crippen LogP) is 12.4. The van der Waals surface area contributed by atoms with Crippen LogP contribution in [-0.4, -0.2) is 24.9 Å². The maximum atomic E-state index is 5.25. The molecule has 3 heterocycles. The molecule has 0 unspecified atom stereocenters. The van der Waals surface area contributed by atoms with Gasteiger partial charge < -0.3 is 0 Å². The van der Waals surface area contributed by atoms with Crippen LogP contribution < -0.4 is 0 Å². The van der Waals surface area contributed by atoms with Crippen LogP contribution in [-0.2, 0) is 0 Å². The smallest absolute Gasteiger partial charge is 0.164 e. The van der Waals surface area contributed by atoms with E-state index < -0.39 is 0 Å². The van der Waals surface area contributed by atoms with E-state index in [0.717, 1.165) is 77.7 Å². The second-order valence-corrected chi connectivity index (χ2v) is 13.8. The van der Waals surface area contributed by atoms with Gasteiger partial charge >= 0.3 is 0 Å². The van der Waals surface area contributed by atoms with Crippen molar-refractivity contribution in [3.05, 3.63) is 188 Å². The van der Waals surface area contributed by atoms with E-state index in [1.165, 1.54) is 10.8 Å². The van der Waals surface area contributed by atoms with Gasteiger partial charge in [-0.05, 0) is 52.1 Å². The summed E-state index contributed by atoms with van der Waals surface area (Å²) >= 11 is 0. The quantitative estimate of drug-likeness (QED) is 0.161. The van der Waals surface area contributed by atoms with Gasteiger partial charge in [0.25, 0.3) is 0 Å². The lowest BCUT2D eigenvalue weighted by molar-refractivity contribution is 1.07. The van der Waals surface area contributed by atoms with Crippen molar-refractivity contribution in [1.29, 1.82) is 0 Å². The predicted molar refractivity (Wildman–Crippen MR) is 225 cm³/mol.